The maximum atomic E-state index is 14.4. The van der Waals surface area contributed by atoms with Gasteiger partial charge in [-0.3, -0.25) is 0 Å². The van der Waals surface area contributed by atoms with Crippen LogP contribution in [0.3, 0.4) is 0 Å². The van der Waals surface area contributed by atoms with E-state index in [1.807, 2.05) is 12.2 Å². The molecule has 0 unspecified atom stereocenters. The van der Waals surface area contributed by atoms with Crippen molar-refractivity contribution in [1.29, 1.82) is 0 Å². The summed E-state index contributed by atoms with van der Waals surface area (Å²) in [5, 5.41) is 0. The van der Waals surface area contributed by atoms with Gasteiger partial charge in [0.15, 0.2) is 0 Å². The molecule has 0 spiro atoms. The van der Waals surface area contributed by atoms with Crippen LogP contribution in [0.15, 0.2) is 36.4 Å². The van der Waals surface area contributed by atoms with Gasteiger partial charge < -0.3 is 0 Å². The van der Waals surface area contributed by atoms with Crippen molar-refractivity contribution < 1.29 is 30.7 Å². The lowest BCUT2D eigenvalue weighted by atomic mass is 9.58. The summed E-state index contributed by atoms with van der Waals surface area (Å²) in [6, 6.07) is 3.72. The molecule has 0 N–H and O–H groups in total. The summed E-state index contributed by atoms with van der Waals surface area (Å²) in [5.41, 5.74) is -0.730. The lowest BCUT2D eigenvalue weighted by Crippen LogP contribution is -2.35. The molecule has 166 valence electrons. The maximum absolute atomic E-state index is 14.4. The van der Waals surface area contributed by atoms with E-state index in [9.17, 15) is 30.7 Å². The number of halogens is 7. The smallest absolute Gasteiger partial charge is 0.207 e. The fraction of sp³-hybridized carbons (Fsp3) is 0.417. The number of alkyl halides is 3. The Labute approximate surface area is 175 Å². The first-order valence-electron chi connectivity index (χ1n) is 10.3. The van der Waals surface area contributed by atoms with Crippen LogP contribution in [0.2, 0.25) is 0 Å². The zero-order valence-corrected chi connectivity index (χ0v) is 16.7. The predicted octanol–water partition coefficient (Wildman–Crippen LogP) is 7.68. The molecule has 31 heavy (non-hydrogen) atoms. The minimum Gasteiger partial charge on any atom is -0.207 e. The van der Waals surface area contributed by atoms with Crippen LogP contribution >= 0.6 is 0 Å². The summed E-state index contributed by atoms with van der Waals surface area (Å²) in [7, 11) is 0. The molecule has 0 nitrogen and oxygen atoms in total. The van der Waals surface area contributed by atoms with E-state index in [2.05, 4.69) is 0 Å². The fourth-order valence-electron chi connectivity index (χ4n) is 5.64. The van der Waals surface area contributed by atoms with Crippen molar-refractivity contribution in [1.82, 2.24) is 0 Å². The summed E-state index contributed by atoms with van der Waals surface area (Å²) in [4.78, 5) is 0. The molecular weight excluding hydrogens is 421 g/mol. The minimum atomic E-state index is -5.14. The molecule has 0 amide bonds. The Balaban J connectivity index is 1.81. The highest BCUT2D eigenvalue weighted by molar-refractivity contribution is 5.39. The van der Waals surface area contributed by atoms with Gasteiger partial charge in [-0.25, -0.2) is 17.6 Å². The van der Waals surface area contributed by atoms with Crippen molar-refractivity contribution in [3.05, 3.63) is 81.9 Å². The molecule has 2 aromatic rings. The number of rotatable bonds is 2. The Bertz CT molecular complexity index is 998. The van der Waals surface area contributed by atoms with E-state index in [-0.39, 0.29) is 23.3 Å². The average Bonchev–Trinajstić information content (AvgIpc) is 2.65. The van der Waals surface area contributed by atoms with Crippen LogP contribution in [0.5, 0.6) is 0 Å². The third-order valence-electron chi connectivity index (χ3n) is 6.74. The molecular formula is C24H21F7. The first-order valence-corrected chi connectivity index (χ1v) is 10.3. The second-order valence-corrected chi connectivity index (χ2v) is 8.41. The molecule has 0 heterocycles. The van der Waals surface area contributed by atoms with Gasteiger partial charge >= 0.3 is 6.18 Å². The van der Waals surface area contributed by atoms with Gasteiger partial charge in [0.25, 0.3) is 0 Å². The standard InChI is InChI=1S/C24H21F7/c1-2-3-12-4-5-15-17(7-6-16-18(15)10-14(25)11-19(16)26)22(12)13-8-20(27)23(21(28)9-13)24(29,30)31/h2-3,8-12,15,17,22H,4-7H2,1H3/t12-,15-,17+,22-/m1/s1. The normalized spacial score (nSPS) is 26.1. The minimum absolute atomic E-state index is 0.137. The Morgan fingerprint density at radius 1 is 0.871 bits per heavy atom. The number of hydrogen-bond donors (Lipinski definition) is 0. The molecule has 0 aliphatic heterocycles. The third-order valence-corrected chi connectivity index (χ3v) is 6.74. The molecule has 1 fully saturated rings. The monoisotopic (exact) mass is 442 g/mol. The molecule has 2 aliphatic rings. The van der Waals surface area contributed by atoms with Crippen LogP contribution in [-0.2, 0) is 12.6 Å². The topological polar surface area (TPSA) is 0 Å². The largest absolute Gasteiger partial charge is 0.422 e. The van der Waals surface area contributed by atoms with Crippen molar-refractivity contribution in [2.24, 2.45) is 11.8 Å². The summed E-state index contributed by atoms with van der Waals surface area (Å²) in [6.45, 7) is 1.80. The van der Waals surface area contributed by atoms with Crippen LogP contribution in [0.1, 0.15) is 60.3 Å². The van der Waals surface area contributed by atoms with Gasteiger partial charge in [-0.2, -0.15) is 13.2 Å². The second kappa shape index (κ2) is 7.99. The Hall–Kier alpha value is -2.31. The van der Waals surface area contributed by atoms with E-state index in [0.29, 0.717) is 36.8 Å². The van der Waals surface area contributed by atoms with Gasteiger partial charge in [-0.15, -0.1) is 0 Å². The van der Waals surface area contributed by atoms with Gasteiger partial charge in [-0.05, 0) is 91.2 Å². The SMILES string of the molecule is CC=C[C@@H]1CC[C@H]2c3cc(F)cc(F)c3CC[C@@H]2[C@H]1c1cc(F)c(C(F)(F)F)c(F)c1. The number of fused-ring (bicyclic) bond motifs is 3. The lowest BCUT2D eigenvalue weighted by molar-refractivity contribution is -0.142. The van der Waals surface area contributed by atoms with Crippen molar-refractivity contribution in [2.75, 3.05) is 0 Å². The van der Waals surface area contributed by atoms with Gasteiger partial charge in [0.1, 0.15) is 28.8 Å². The van der Waals surface area contributed by atoms with Crippen LogP contribution in [0.4, 0.5) is 30.7 Å². The molecule has 2 aliphatic carbocycles. The first-order chi connectivity index (χ1) is 14.6. The van der Waals surface area contributed by atoms with Crippen molar-refractivity contribution in [2.45, 2.75) is 50.6 Å². The van der Waals surface area contributed by atoms with E-state index in [4.69, 9.17) is 0 Å². The van der Waals surface area contributed by atoms with E-state index >= 15 is 0 Å². The Kier molecular flexibility index (Phi) is 5.64. The van der Waals surface area contributed by atoms with Gasteiger partial charge in [0.2, 0.25) is 0 Å². The van der Waals surface area contributed by atoms with Gasteiger partial charge in [0.05, 0.1) is 0 Å². The Morgan fingerprint density at radius 2 is 1.55 bits per heavy atom. The van der Waals surface area contributed by atoms with E-state index in [1.54, 1.807) is 6.92 Å². The second-order valence-electron chi connectivity index (χ2n) is 8.41. The molecule has 4 rings (SSSR count). The summed E-state index contributed by atoms with van der Waals surface area (Å²) in [5.74, 6) is -5.59. The van der Waals surface area contributed by atoms with Crippen molar-refractivity contribution in [3.63, 3.8) is 0 Å². The van der Waals surface area contributed by atoms with Crippen LogP contribution in [-0.4, -0.2) is 0 Å². The highest BCUT2D eigenvalue weighted by Gasteiger charge is 2.44. The van der Waals surface area contributed by atoms with Gasteiger partial charge in [-0.1, -0.05) is 12.2 Å². The predicted molar refractivity (Wildman–Crippen MR) is 103 cm³/mol. The molecule has 2 aromatic carbocycles. The molecule has 0 saturated heterocycles. The maximum Gasteiger partial charge on any atom is 0.422 e. The zero-order chi connectivity index (χ0) is 22.5. The van der Waals surface area contributed by atoms with E-state index in [1.165, 1.54) is 6.07 Å². The van der Waals surface area contributed by atoms with Gasteiger partial charge in [0, 0.05) is 6.07 Å². The number of benzene rings is 2. The van der Waals surface area contributed by atoms with Crippen LogP contribution in [0, 0.1) is 35.1 Å². The van der Waals surface area contributed by atoms with Crippen molar-refractivity contribution in [3.8, 4) is 0 Å². The lowest BCUT2D eigenvalue weighted by Gasteiger charge is -2.46. The molecule has 1 saturated carbocycles. The first kappa shape index (κ1) is 21.9. The molecule has 0 radical (unpaired) electrons. The third kappa shape index (κ3) is 3.87. The zero-order valence-electron chi connectivity index (χ0n) is 16.7. The van der Waals surface area contributed by atoms with Crippen molar-refractivity contribution >= 4 is 0 Å². The number of hydrogen-bond acceptors (Lipinski definition) is 0. The molecule has 7 heteroatoms. The van der Waals surface area contributed by atoms with Crippen LogP contribution in [0.25, 0.3) is 0 Å². The van der Waals surface area contributed by atoms with E-state index in [0.717, 1.165) is 18.2 Å². The molecule has 0 bridgehead atoms. The van der Waals surface area contributed by atoms with E-state index < -0.39 is 40.9 Å². The quantitative estimate of drug-likeness (QED) is 0.331. The summed E-state index contributed by atoms with van der Waals surface area (Å²) < 4.78 is 96.1. The molecule has 4 atom stereocenters. The van der Waals surface area contributed by atoms with Crippen LogP contribution < -0.4 is 0 Å². The fourth-order valence-corrected chi connectivity index (χ4v) is 5.64. The average molecular weight is 442 g/mol. The highest BCUT2D eigenvalue weighted by Crippen LogP contribution is 2.55. The Morgan fingerprint density at radius 3 is 2.16 bits per heavy atom. The summed E-state index contributed by atoms with van der Waals surface area (Å²) >= 11 is 0. The number of allylic oxidation sites excluding steroid dienone is 2. The molecule has 0 aromatic heterocycles. The summed E-state index contributed by atoms with van der Waals surface area (Å²) in [6.07, 6.45) is 0.649. The highest BCUT2D eigenvalue weighted by atomic mass is 19.4.